The lowest BCUT2D eigenvalue weighted by molar-refractivity contribution is 0.0427. The van der Waals surface area contributed by atoms with Crippen LogP contribution >= 0.6 is 11.8 Å². The van der Waals surface area contributed by atoms with E-state index < -0.39 is 18.9 Å². The van der Waals surface area contributed by atoms with E-state index in [0.29, 0.717) is 23.6 Å². The normalized spacial score (nSPS) is 18.7. The van der Waals surface area contributed by atoms with Crippen molar-refractivity contribution < 1.29 is 23.6 Å². The second-order valence-electron chi connectivity index (χ2n) is 5.35. The minimum absolute atomic E-state index is 0.136. The predicted molar refractivity (Wildman–Crippen MR) is 79.1 cm³/mol. The lowest BCUT2D eigenvalue weighted by Gasteiger charge is -2.20. The van der Waals surface area contributed by atoms with Crippen LogP contribution in [0, 0.1) is 11.7 Å². The number of halogens is 1. The molecule has 1 aromatic rings. The average molecular weight is 310 g/mol. The molecule has 0 amide bonds. The molecule has 0 unspecified atom stereocenters. The van der Waals surface area contributed by atoms with Crippen molar-refractivity contribution in [3.63, 3.8) is 0 Å². The molecule has 0 spiro atoms. The Bertz CT molecular complexity index is 548. The van der Waals surface area contributed by atoms with Crippen LogP contribution < -0.4 is 5.46 Å². The van der Waals surface area contributed by atoms with Crippen LogP contribution in [0.15, 0.2) is 12.1 Å². The van der Waals surface area contributed by atoms with Gasteiger partial charge in [-0.25, -0.2) is 9.18 Å². The summed E-state index contributed by atoms with van der Waals surface area (Å²) in [4.78, 5) is 12.0. The Balaban J connectivity index is 1.68. The molecule has 1 N–H and O–H groups in total. The zero-order valence-electron chi connectivity index (χ0n) is 11.5. The highest BCUT2D eigenvalue weighted by molar-refractivity contribution is 7.99. The van der Waals surface area contributed by atoms with Crippen molar-refractivity contribution in [2.45, 2.75) is 19.4 Å². The third-order valence-electron chi connectivity index (χ3n) is 3.90. The van der Waals surface area contributed by atoms with E-state index in [-0.39, 0.29) is 12.2 Å². The molecule has 1 saturated heterocycles. The van der Waals surface area contributed by atoms with Crippen molar-refractivity contribution in [3.8, 4) is 0 Å². The van der Waals surface area contributed by atoms with Gasteiger partial charge in [0.05, 0.1) is 18.8 Å². The van der Waals surface area contributed by atoms with Crippen LogP contribution in [0.5, 0.6) is 0 Å². The van der Waals surface area contributed by atoms with Crippen molar-refractivity contribution in [1.82, 2.24) is 0 Å². The van der Waals surface area contributed by atoms with Crippen molar-refractivity contribution in [2.75, 3.05) is 18.1 Å². The van der Waals surface area contributed by atoms with E-state index in [1.807, 2.05) is 11.8 Å². The highest BCUT2D eigenvalue weighted by atomic mass is 32.2. The van der Waals surface area contributed by atoms with Gasteiger partial charge in [0.15, 0.2) is 0 Å². The molecule has 0 atom stereocenters. The quantitative estimate of drug-likeness (QED) is 0.674. The molecule has 4 nitrogen and oxygen atoms in total. The average Bonchev–Trinajstić information content (AvgIpc) is 2.85. The van der Waals surface area contributed by atoms with Crippen LogP contribution in [-0.4, -0.2) is 36.2 Å². The summed E-state index contributed by atoms with van der Waals surface area (Å²) in [5.74, 6) is 1.22. The smallest absolute Gasteiger partial charge is 0.462 e. The molecule has 1 fully saturated rings. The number of carbonyl (C=O) groups excluding carboxylic acids is 1. The van der Waals surface area contributed by atoms with Gasteiger partial charge in [-0.2, -0.15) is 11.8 Å². The van der Waals surface area contributed by atoms with E-state index in [2.05, 4.69) is 0 Å². The van der Waals surface area contributed by atoms with Gasteiger partial charge >= 0.3 is 13.1 Å². The fourth-order valence-corrected chi connectivity index (χ4v) is 3.79. The van der Waals surface area contributed by atoms with Crippen LogP contribution in [0.3, 0.4) is 0 Å². The molecule has 0 aliphatic carbocycles. The second kappa shape index (κ2) is 6.38. The topological polar surface area (TPSA) is 55.8 Å². The standard InChI is InChI=1S/C14H16BFO4S/c16-13-5-10-8-20-15(18)12(10)6-11(13)14(17)19-7-9-1-3-21-4-2-9/h5-6,9,18H,1-4,7-8H2. The summed E-state index contributed by atoms with van der Waals surface area (Å²) < 4.78 is 24.2. The van der Waals surface area contributed by atoms with Gasteiger partial charge in [-0.15, -0.1) is 0 Å². The second-order valence-corrected chi connectivity index (χ2v) is 6.57. The fraction of sp³-hybridized carbons (Fsp3) is 0.500. The Morgan fingerprint density at radius 3 is 3.00 bits per heavy atom. The Hall–Kier alpha value is -1.05. The number of hydrogen-bond donors (Lipinski definition) is 1. The number of hydrogen-bond acceptors (Lipinski definition) is 5. The van der Waals surface area contributed by atoms with Gasteiger partial charge in [0.2, 0.25) is 0 Å². The molecule has 2 aliphatic rings. The van der Waals surface area contributed by atoms with Gasteiger partial charge in [0.25, 0.3) is 0 Å². The number of ether oxygens (including phenoxy) is 1. The van der Waals surface area contributed by atoms with E-state index in [0.717, 1.165) is 24.3 Å². The largest absolute Gasteiger partial charge is 0.491 e. The van der Waals surface area contributed by atoms with Crippen molar-refractivity contribution in [1.29, 1.82) is 0 Å². The molecule has 21 heavy (non-hydrogen) atoms. The summed E-state index contributed by atoms with van der Waals surface area (Å²) in [7, 11) is -1.09. The Kier molecular flexibility index (Phi) is 4.52. The van der Waals surface area contributed by atoms with Gasteiger partial charge in [0.1, 0.15) is 5.82 Å². The van der Waals surface area contributed by atoms with Crippen molar-refractivity contribution in [3.05, 3.63) is 29.1 Å². The van der Waals surface area contributed by atoms with Gasteiger partial charge < -0.3 is 14.4 Å². The molecule has 0 aromatic heterocycles. The molecule has 2 aliphatic heterocycles. The van der Waals surface area contributed by atoms with Gasteiger partial charge in [-0.05, 0) is 53.4 Å². The maximum atomic E-state index is 13.9. The van der Waals surface area contributed by atoms with E-state index in [4.69, 9.17) is 9.39 Å². The lowest BCUT2D eigenvalue weighted by atomic mass is 9.78. The summed E-state index contributed by atoms with van der Waals surface area (Å²) in [6, 6.07) is 2.57. The third-order valence-corrected chi connectivity index (χ3v) is 4.95. The fourth-order valence-electron chi connectivity index (χ4n) is 2.59. The number of thioether (sulfide) groups is 1. The van der Waals surface area contributed by atoms with E-state index in [9.17, 15) is 14.2 Å². The van der Waals surface area contributed by atoms with Crippen LogP contribution in [-0.2, 0) is 16.0 Å². The SMILES string of the molecule is O=C(OCC1CCSCC1)c1cc2c(cc1F)COB2O. The number of carbonyl (C=O) groups is 1. The van der Waals surface area contributed by atoms with Crippen LogP contribution in [0.25, 0.3) is 0 Å². The predicted octanol–water partition coefficient (Wildman–Crippen LogP) is 1.34. The number of rotatable bonds is 3. The summed E-state index contributed by atoms with van der Waals surface area (Å²) in [6.45, 7) is 0.484. The summed E-state index contributed by atoms with van der Waals surface area (Å²) in [5, 5.41) is 9.61. The molecular weight excluding hydrogens is 294 g/mol. The lowest BCUT2D eigenvalue weighted by Crippen LogP contribution is -2.29. The molecule has 0 bridgehead atoms. The summed E-state index contributed by atoms with van der Waals surface area (Å²) >= 11 is 1.90. The molecule has 0 radical (unpaired) electrons. The van der Waals surface area contributed by atoms with Crippen LogP contribution in [0.4, 0.5) is 4.39 Å². The monoisotopic (exact) mass is 310 g/mol. The maximum absolute atomic E-state index is 13.9. The van der Waals surface area contributed by atoms with Gasteiger partial charge in [-0.3, -0.25) is 0 Å². The van der Waals surface area contributed by atoms with Gasteiger partial charge in [0, 0.05) is 0 Å². The Labute approximate surface area is 127 Å². The Morgan fingerprint density at radius 2 is 2.24 bits per heavy atom. The molecular formula is C14H16BFO4S. The van der Waals surface area contributed by atoms with Crippen LogP contribution in [0.2, 0.25) is 0 Å². The van der Waals surface area contributed by atoms with E-state index in [1.165, 1.54) is 12.1 Å². The van der Waals surface area contributed by atoms with Crippen molar-refractivity contribution >= 4 is 30.3 Å². The number of esters is 1. The van der Waals surface area contributed by atoms with Crippen LogP contribution in [0.1, 0.15) is 28.8 Å². The molecule has 0 saturated carbocycles. The van der Waals surface area contributed by atoms with Gasteiger partial charge in [-0.1, -0.05) is 0 Å². The minimum atomic E-state index is -1.09. The molecule has 3 rings (SSSR count). The summed E-state index contributed by atoms with van der Waals surface area (Å²) in [5.41, 5.74) is 0.877. The highest BCUT2D eigenvalue weighted by Gasteiger charge is 2.30. The first-order valence-electron chi connectivity index (χ1n) is 7.02. The molecule has 7 heteroatoms. The van der Waals surface area contributed by atoms with E-state index >= 15 is 0 Å². The minimum Gasteiger partial charge on any atom is -0.462 e. The first-order valence-corrected chi connectivity index (χ1v) is 8.17. The summed E-state index contributed by atoms with van der Waals surface area (Å²) in [6.07, 6.45) is 2.05. The first-order chi connectivity index (χ1) is 10.1. The Morgan fingerprint density at radius 1 is 1.48 bits per heavy atom. The molecule has 112 valence electrons. The number of fused-ring (bicyclic) bond motifs is 1. The third kappa shape index (κ3) is 3.25. The zero-order chi connectivity index (χ0) is 14.8. The zero-order valence-corrected chi connectivity index (χ0v) is 12.3. The number of benzene rings is 1. The highest BCUT2D eigenvalue weighted by Crippen LogP contribution is 2.23. The molecule has 2 heterocycles. The molecule has 1 aromatic carbocycles. The van der Waals surface area contributed by atoms with Crippen molar-refractivity contribution in [2.24, 2.45) is 5.92 Å². The first kappa shape index (κ1) is 14.9. The van der Waals surface area contributed by atoms with E-state index in [1.54, 1.807) is 0 Å². The maximum Gasteiger partial charge on any atom is 0.491 e.